The van der Waals surface area contributed by atoms with Crippen LogP contribution in [0, 0.1) is 0 Å². The molecule has 0 bridgehead atoms. The summed E-state index contributed by atoms with van der Waals surface area (Å²) in [5, 5.41) is 9.52. The molecule has 5 heteroatoms. The molecule has 2 rings (SSSR count). The van der Waals surface area contributed by atoms with Gasteiger partial charge in [0.25, 0.3) is 0 Å². The van der Waals surface area contributed by atoms with Crippen LogP contribution in [0.1, 0.15) is 6.92 Å². The number of aliphatic hydroxyl groups excluding tert-OH is 1. The minimum Gasteiger partial charge on any atom is -0.495 e. The number of aliphatic hydroxyl groups is 1. The van der Waals surface area contributed by atoms with Gasteiger partial charge in [-0.25, -0.2) is 0 Å². The monoisotopic (exact) mass is 272 g/mol. The topological polar surface area (TPSA) is 35.9 Å². The maximum absolute atomic E-state index is 9.52. The standard InChI is InChI=1S/C13H20N2O2.ClH/c1-11(16)14-7-9-15(10-8-14)12-5-3-4-6-13(12)17-2;/h3-6,11,16H,7-10H2,1-2H3;1H. The summed E-state index contributed by atoms with van der Waals surface area (Å²) in [4.78, 5) is 4.38. The fourth-order valence-corrected chi connectivity index (χ4v) is 2.23. The summed E-state index contributed by atoms with van der Waals surface area (Å²) in [6.45, 7) is 5.43. The van der Waals surface area contributed by atoms with E-state index in [1.165, 1.54) is 0 Å². The second-order valence-corrected chi connectivity index (χ2v) is 4.33. The quantitative estimate of drug-likeness (QED) is 0.906. The first-order chi connectivity index (χ1) is 8.22. The summed E-state index contributed by atoms with van der Waals surface area (Å²) in [5.74, 6) is 0.915. The normalized spacial score (nSPS) is 18.1. The molecule has 0 saturated carbocycles. The number of hydrogen-bond acceptors (Lipinski definition) is 4. The zero-order chi connectivity index (χ0) is 12.3. The van der Waals surface area contributed by atoms with Crippen molar-refractivity contribution in [1.29, 1.82) is 0 Å². The van der Waals surface area contributed by atoms with E-state index in [4.69, 9.17) is 4.74 Å². The average molecular weight is 273 g/mol. The van der Waals surface area contributed by atoms with Crippen molar-refractivity contribution in [3.63, 3.8) is 0 Å². The molecule has 102 valence electrons. The van der Waals surface area contributed by atoms with Gasteiger partial charge >= 0.3 is 0 Å². The second kappa shape index (κ2) is 6.83. The Kier molecular flexibility index (Phi) is 5.72. The fraction of sp³-hybridized carbons (Fsp3) is 0.538. The first-order valence-electron chi connectivity index (χ1n) is 6.02. The van der Waals surface area contributed by atoms with Crippen LogP contribution in [0.2, 0.25) is 0 Å². The number of benzene rings is 1. The Morgan fingerprint density at radius 1 is 1.17 bits per heavy atom. The molecule has 1 fully saturated rings. The summed E-state index contributed by atoms with van der Waals surface area (Å²) >= 11 is 0. The van der Waals surface area contributed by atoms with Crippen molar-refractivity contribution in [2.24, 2.45) is 0 Å². The van der Waals surface area contributed by atoms with Gasteiger partial charge in [-0.2, -0.15) is 0 Å². The first-order valence-corrected chi connectivity index (χ1v) is 6.02. The molecule has 0 spiro atoms. The third-order valence-corrected chi connectivity index (χ3v) is 3.27. The fourth-order valence-electron chi connectivity index (χ4n) is 2.23. The molecule has 0 aromatic heterocycles. The Bertz CT molecular complexity index is 366. The molecule has 1 atom stereocenters. The van der Waals surface area contributed by atoms with Gasteiger partial charge in [0.15, 0.2) is 0 Å². The predicted molar refractivity (Wildman–Crippen MR) is 75.7 cm³/mol. The summed E-state index contributed by atoms with van der Waals surface area (Å²) < 4.78 is 5.37. The van der Waals surface area contributed by atoms with E-state index in [9.17, 15) is 5.11 Å². The van der Waals surface area contributed by atoms with Gasteiger partial charge in [0.2, 0.25) is 0 Å². The van der Waals surface area contributed by atoms with E-state index in [-0.39, 0.29) is 18.6 Å². The Hall–Kier alpha value is -0.970. The molecule has 1 heterocycles. The lowest BCUT2D eigenvalue weighted by Crippen LogP contribution is -2.49. The zero-order valence-electron chi connectivity index (χ0n) is 10.9. The van der Waals surface area contributed by atoms with Crippen molar-refractivity contribution in [3.8, 4) is 5.75 Å². The number of halogens is 1. The van der Waals surface area contributed by atoms with Crippen LogP contribution < -0.4 is 9.64 Å². The minimum absolute atomic E-state index is 0. The molecule has 1 aromatic carbocycles. The smallest absolute Gasteiger partial charge is 0.142 e. The van der Waals surface area contributed by atoms with E-state index in [2.05, 4.69) is 15.9 Å². The van der Waals surface area contributed by atoms with Crippen LogP contribution in [0.3, 0.4) is 0 Å². The number of methoxy groups -OCH3 is 1. The highest BCUT2D eigenvalue weighted by Crippen LogP contribution is 2.28. The van der Waals surface area contributed by atoms with E-state index in [0.717, 1.165) is 37.6 Å². The van der Waals surface area contributed by atoms with Gasteiger partial charge in [-0.05, 0) is 19.1 Å². The molecule has 1 saturated heterocycles. The van der Waals surface area contributed by atoms with Crippen LogP contribution in [-0.2, 0) is 0 Å². The maximum Gasteiger partial charge on any atom is 0.142 e. The predicted octanol–water partition coefficient (Wildman–Crippen LogP) is 1.58. The van der Waals surface area contributed by atoms with Crippen LogP contribution >= 0.6 is 12.4 Å². The van der Waals surface area contributed by atoms with Crippen molar-refractivity contribution in [2.75, 3.05) is 38.2 Å². The molecule has 4 nitrogen and oxygen atoms in total. The molecule has 0 radical (unpaired) electrons. The van der Waals surface area contributed by atoms with Crippen molar-refractivity contribution in [2.45, 2.75) is 13.2 Å². The molecule has 1 aliphatic rings. The number of hydrogen-bond donors (Lipinski definition) is 1. The lowest BCUT2D eigenvalue weighted by Gasteiger charge is -2.37. The molecular formula is C13H21ClN2O2. The van der Waals surface area contributed by atoms with Crippen LogP contribution in [0.5, 0.6) is 5.75 Å². The maximum atomic E-state index is 9.52. The van der Waals surface area contributed by atoms with Gasteiger partial charge in [-0.3, -0.25) is 4.90 Å². The summed E-state index contributed by atoms with van der Waals surface area (Å²) in [7, 11) is 1.70. The highest BCUT2D eigenvalue weighted by Gasteiger charge is 2.21. The lowest BCUT2D eigenvalue weighted by atomic mass is 10.2. The largest absolute Gasteiger partial charge is 0.495 e. The van der Waals surface area contributed by atoms with E-state index < -0.39 is 0 Å². The number of rotatable bonds is 3. The molecule has 0 amide bonds. The Labute approximate surface area is 115 Å². The van der Waals surface area contributed by atoms with Crippen LogP contribution in [0.4, 0.5) is 5.69 Å². The van der Waals surface area contributed by atoms with E-state index in [1.807, 2.05) is 25.1 Å². The Morgan fingerprint density at radius 2 is 1.78 bits per heavy atom. The highest BCUT2D eigenvalue weighted by atomic mass is 35.5. The van der Waals surface area contributed by atoms with Crippen LogP contribution in [-0.4, -0.2) is 49.5 Å². The third-order valence-electron chi connectivity index (χ3n) is 3.27. The number of ether oxygens (including phenoxy) is 1. The highest BCUT2D eigenvalue weighted by molar-refractivity contribution is 5.85. The zero-order valence-corrected chi connectivity index (χ0v) is 11.7. The van der Waals surface area contributed by atoms with Gasteiger partial charge in [-0.1, -0.05) is 12.1 Å². The van der Waals surface area contributed by atoms with E-state index in [0.29, 0.717) is 0 Å². The SMILES string of the molecule is COc1ccccc1N1CCN(C(C)O)CC1.Cl. The average Bonchev–Trinajstić information content (AvgIpc) is 2.39. The number of anilines is 1. The minimum atomic E-state index is -0.352. The first kappa shape index (κ1) is 15.1. The Balaban J connectivity index is 0.00000162. The lowest BCUT2D eigenvalue weighted by molar-refractivity contribution is 0.0153. The summed E-state index contributed by atoms with van der Waals surface area (Å²) in [5.41, 5.74) is 1.14. The van der Waals surface area contributed by atoms with Crippen LogP contribution in [0.15, 0.2) is 24.3 Å². The molecule has 1 unspecified atom stereocenters. The van der Waals surface area contributed by atoms with Crippen molar-refractivity contribution < 1.29 is 9.84 Å². The molecule has 18 heavy (non-hydrogen) atoms. The van der Waals surface area contributed by atoms with Crippen molar-refractivity contribution in [3.05, 3.63) is 24.3 Å². The molecule has 1 N–H and O–H groups in total. The Morgan fingerprint density at radius 3 is 2.33 bits per heavy atom. The number of piperazine rings is 1. The van der Waals surface area contributed by atoms with Crippen molar-refractivity contribution in [1.82, 2.24) is 4.90 Å². The number of nitrogens with zero attached hydrogens (tertiary/aromatic N) is 2. The summed E-state index contributed by atoms with van der Waals surface area (Å²) in [6.07, 6.45) is -0.352. The van der Waals surface area contributed by atoms with Gasteiger partial charge < -0.3 is 14.7 Å². The van der Waals surface area contributed by atoms with E-state index in [1.54, 1.807) is 7.11 Å². The van der Waals surface area contributed by atoms with Gasteiger partial charge in [0.1, 0.15) is 12.0 Å². The number of para-hydroxylation sites is 2. The van der Waals surface area contributed by atoms with Crippen LogP contribution in [0.25, 0.3) is 0 Å². The third kappa shape index (κ3) is 3.28. The molecule has 1 aliphatic heterocycles. The molecule has 0 aliphatic carbocycles. The van der Waals surface area contributed by atoms with Crippen molar-refractivity contribution >= 4 is 18.1 Å². The van der Waals surface area contributed by atoms with Gasteiger partial charge in [-0.15, -0.1) is 12.4 Å². The second-order valence-electron chi connectivity index (χ2n) is 4.33. The molecular weight excluding hydrogens is 252 g/mol. The molecule has 1 aromatic rings. The van der Waals surface area contributed by atoms with E-state index >= 15 is 0 Å². The van der Waals surface area contributed by atoms with Gasteiger partial charge in [0.05, 0.1) is 12.8 Å². The summed E-state index contributed by atoms with van der Waals surface area (Å²) in [6, 6.07) is 8.07. The van der Waals surface area contributed by atoms with Gasteiger partial charge in [0, 0.05) is 26.2 Å².